The maximum Gasteiger partial charge on any atom is 0.291 e. The van der Waals surface area contributed by atoms with Crippen molar-refractivity contribution in [2.75, 3.05) is 31.6 Å². The van der Waals surface area contributed by atoms with Crippen molar-refractivity contribution >= 4 is 28.5 Å². The number of carbonyl (C=O) groups is 2. The Labute approximate surface area is 169 Å². The molecule has 6 nitrogen and oxygen atoms in total. The second-order valence-electron chi connectivity index (χ2n) is 7.09. The van der Waals surface area contributed by atoms with Crippen LogP contribution in [-0.2, 0) is 16.0 Å². The van der Waals surface area contributed by atoms with Gasteiger partial charge in [0.05, 0.1) is 13.2 Å². The van der Waals surface area contributed by atoms with E-state index in [1.165, 1.54) is 5.56 Å². The van der Waals surface area contributed by atoms with Crippen LogP contribution in [0, 0.1) is 0 Å². The summed E-state index contributed by atoms with van der Waals surface area (Å²) in [5.74, 6) is -0.155. The average molecular weight is 392 g/mol. The Kier molecular flexibility index (Phi) is 5.91. The zero-order chi connectivity index (χ0) is 20.1. The number of nitrogens with zero attached hydrogens (tertiary/aromatic N) is 1. The number of nitrogens with one attached hydrogen (secondary N) is 1. The molecule has 1 aromatic heterocycles. The summed E-state index contributed by atoms with van der Waals surface area (Å²) in [5.41, 5.74) is 2.25. The highest BCUT2D eigenvalue weighted by molar-refractivity contribution is 6.10. The first-order valence-electron chi connectivity index (χ1n) is 9.95. The van der Waals surface area contributed by atoms with Gasteiger partial charge in [-0.25, -0.2) is 0 Å². The molecule has 0 atom stereocenters. The van der Waals surface area contributed by atoms with Gasteiger partial charge in [0.1, 0.15) is 11.3 Å². The maximum atomic E-state index is 13.0. The van der Waals surface area contributed by atoms with Gasteiger partial charge >= 0.3 is 0 Å². The van der Waals surface area contributed by atoms with Crippen molar-refractivity contribution in [3.05, 3.63) is 65.9 Å². The Balaban J connectivity index is 1.49. The molecule has 29 heavy (non-hydrogen) atoms. The van der Waals surface area contributed by atoms with Gasteiger partial charge in [-0.1, -0.05) is 42.5 Å². The summed E-state index contributed by atoms with van der Waals surface area (Å²) in [6.45, 7) is 2.04. The van der Waals surface area contributed by atoms with E-state index in [0.717, 1.165) is 18.2 Å². The molecule has 2 aromatic carbocycles. The van der Waals surface area contributed by atoms with Crippen LogP contribution in [0.1, 0.15) is 29.0 Å². The van der Waals surface area contributed by atoms with E-state index in [9.17, 15) is 9.59 Å². The molecule has 0 aliphatic carbocycles. The molecule has 1 aliphatic heterocycles. The molecular formula is C23H24N2O4. The largest absolute Gasteiger partial charge is 0.449 e. The first-order chi connectivity index (χ1) is 14.2. The van der Waals surface area contributed by atoms with Crippen molar-refractivity contribution in [2.45, 2.75) is 19.3 Å². The average Bonchev–Trinajstić information content (AvgIpc) is 3.13. The lowest BCUT2D eigenvalue weighted by Crippen LogP contribution is -2.40. The zero-order valence-electron chi connectivity index (χ0n) is 16.2. The Morgan fingerprint density at radius 2 is 1.69 bits per heavy atom. The SMILES string of the molecule is O=C(CCCc1ccccc1)Nc1c(C(=O)N2CCOCC2)oc2ccccc12. The molecule has 4 rings (SSSR count). The van der Waals surface area contributed by atoms with Crippen LogP contribution in [0.5, 0.6) is 0 Å². The van der Waals surface area contributed by atoms with E-state index in [4.69, 9.17) is 9.15 Å². The molecule has 0 radical (unpaired) electrons. The summed E-state index contributed by atoms with van der Waals surface area (Å²) in [4.78, 5) is 27.3. The molecule has 2 amide bonds. The van der Waals surface area contributed by atoms with Crippen LogP contribution in [0.4, 0.5) is 5.69 Å². The summed E-state index contributed by atoms with van der Waals surface area (Å²) < 4.78 is 11.2. The summed E-state index contributed by atoms with van der Waals surface area (Å²) in [6.07, 6.45) is 1.94. The Hall–Kier alpha value is -3.12. The van der Waals surface area contributed by atoms with Crippen LogP contribution in [0.2, 0.25) is 0 Å². The van der Waals surface area contributed by atoms with Gasteiger partial charge in [-0.15, -0.1) is 0 Å². The Morgan fingerprint density at radius 3 is 2.48 bits per heavy atom. The fourth-order valence-corrected chi connectivity index (χ4v) is 3.53. The van der Waals surface area contributed by atoms with Crippen molar-refractivity contribution in [1.29, 1.82) is 0 Å². The minimum Gasteiger partial charge on any atom is -0.449 e. The highest BCUT2D eigenvalue weighted by Crippen LogP contribution is 2.32. The van der Waals surface area contributed by atoms with Gasteiger partial charge in [0.2, 0.25) is 11.7 Å². The molecule has 0 unspecified atom stereocenters. The van der Waals surface area contributed by atoms with E-state index in [-0.39, 0.29) is 17.6 Å². The third kappa shape index (κ3) is 4.49. The lowest BCUT2D eigenvalue weighted by Gasteiger charge is -2.26. The molecule has 0 saturated carbocycles. The van der Waals surface area contributed by atoms with Crippen LogP contribution >= 0.6 is 0 Å². The highest BCUT2D eigenvalue weighted by atomic mass is 16.5. The topological polar surface area (TPSA) is 71.8 Å². The number of hydrogen-bond donors (Lipinski definition) is 1. The number of rotatable bonds is 6. The number of ether oxygens (including phenoxy) is 1. The molecule has 6 heteroatoms. The Morgan fingerprint density at radius 1 is 0.966 bits per heavy atom. The predicted molar refractivity (Wildman–Crippen MR) is 111 cm³/mol. The van der Waals surface area contributed by atoms with Crippen molar-refractivity contribution in [3.63, 3.8) is 0 Å². The first-order valence-corrected chi connectivity index (χ1v) is 9.95. The van der Waals surface area contributed by atoms with Gasteiger partial charge in [-0.2, -0.15) is 0 Å². The minimum absolute atomic E-state index is 0.122. The first kappa shape index (κ1) is 19.2. The number of aryl methyl sites for hydroxylation is 1. The number of furan rings is 1. The predicted octanol–water partition coefficient (Wildman–Crippen LogP) is 3.87. The fraction of sp³-hybridized carbons (Fsp3) is 0.304. The number of fused-ring (bicyclic) bond motifs is 1. The van der Waals surface area contributed by atoms with E-state index in [1.54, 1.807) is 11.0 Å². The molecule has 2 heterocycles. The molecule has 1 N–H and O–H groups in total. The summed E-state index contributed by atoms with van der Waals surface area (Å²) in [6, 6.07) is 17.5. The highest BCUT2D eigenvalue weighted by Gasteiger charge is 2.27. The van der Waals surface area contributed by atoms with Gasteiger partial charge < -0.3 is 19.4 Å². The molecule has 1 aliphatic rings. The van der Waals surface area contributed by atoms with Crippen molar-refractivity contribution < 1.29 is 18.7 Å². The van der Waals surface area contributed by atoms with E-state index < -0.39 is 0 Å². The van der Waals surface area contributed by atoms with Crippen LogP contribution in [0.25, 0.3) is 11.0 Å². The smallest absolute Gasteiger partial charge is 0.291 e. The van der Waals surface area contributed by atoms with Crippen LogP contribution in [-0.4, -0.2) is 43.0 Å². The second-order valence-corrected chi connectivity index (χ2v) is 7.09. The summed E-state index contributed by atoms with van der Waals surface area (Å²) in [7, 11) is 0. The fourth-order valence-electron chi connectivity index (χ4n) is 3.53. The van der Waals surface area contributed by atoms with E-state index in [1.807, 2.05) is 36.4 Å². The Bertz CT molecular complexity index is 991. The van der Waals surface area contributed by atoms with E-state index in [0.29, 0.717) is 44.0 Å². The van der Waals surface area contributed by atoms with Gasteiger partial charge in [0.15, 0.2) is 0 Å². The molecule has 1 saturated heterocycles. The monoisotopic (exact) mass is 392 g/mol. The lowest BCUT2D eigenvalue weighted by atomic mass is 10.1. The standard InChI is InChI=1S/C23H24N2O4/c26-20(12-6-9-17-7-2-1-3-8-17)24-21-18-10-4-5-11-19(18)29-22(21)23(27)25-13-15-28-16-14-25/h1-5,7-8,10-11H,6,9,12-16H2,(H,24,26). The molecule has 0 bridgehead atoms. The third-order valence-electron chi connectivity index (χ3n) is 5.06. The summed E-state index contributed by atoms with van der Waals surface area (Å²) in [5, 5.41) is 3.66. The van der Waals surface area contributed by atoms with Gasteiger partial charge in [0.25, 0.3) is 5.91 Å². The van der Waals surface area contributed by atoms with Gasteiger partial charge in [0, 0.05) is 24.9 Å². The van der Waals surface area contributed by atoms with Crippen molar-refractivity contribution in [2.24, 2.45) is 0 Å². The lowest BCUT2D eigenvalue weighted by molar-refractivity contribution is -0.116. The van der Waals surface area contributed by atoms with Gasteiger partial charge in [-0.3, -0.25) is 9.59 Å². The molecule has 0 spiro atoms. The number of carbonyl (C=O) groups excluding carboxylic acids is 2. The number of benzene rings is 2. The molecule has 150 valence electrons. The van der Waals surface area contributed by atoms with Gasteiger partial charge in [-0.05, 0) is 30.5 Å². The van der Waals surface area contributed by atoms with Crippen LogP contribution in [0.3, 0.4) is 0 Å². The minimum atomic E-state index is -0.218. The summed E-state index contributed by atoms with van der Waals surface area (Å²) >= 11 is 0. The second kappa shape index (κ2) is 8.92. The maximum absolute atomic E-state index is 13.0. The van der Waals surface area contributed by atoms with E-state index >= 15 is 0 Å². The number of anilines is 1. The number of amides is 2. The van der Waals surface area contributed by atoms with Crippen LogP contribution in [0.15, 0.2) is 59.0 Å². The number of hydrogen-bond acceptors (Lipinski definition) is 4. The zero-order valence-corrected chi connectivity index (χ0v) is 16.2. The van der Waals surface area contributed by atoms with Crippen molar-refractivity contribution in [1.82, 2.24) is 4.90 Å². The third-order valence-corrected chi connectivity index (χ3v) is 5.06. The normalized spacial score (nSPS) is 14.1. The molecule has 3 aromatic rings. The molecular weight excluding hydrogens is 368 g/mol. The number of morpholine rings is 1. The van der Waals surface area contributed by atoms with Crippen molar-refractivity contribution in [3.8, 4) is 0 Å². The van der Waals surface area contributed by atoms with Crippen LogP contribution < -0.4 is 5.32 Å². The quantitative estimate of drug-likeness (QED) is 0.691. The molecule has 1 fully saturated rings. The number of para-hydroxylation sites is 1. The van der Waals surface area contributed by atoms with E-state index in [2.05, 4.69) is 17.4 Å².